The first-order chi connectivity index (χ1) is 12.9. The summed E-state index contributed by atoms with van der Waals surface area (Å²) in [5.74, 6) is -1.68. The van der Waals surface area contributed by atoms with Crippen LogP contribution < -0.4 is 10.2 Å². The molecule has 0 saturated heterocycles. The van der Waals surface area contributed by atoms with E-state index in [0.717, 1.165) is 0 Å². The quantitative estimate of drug-likeness (QED) is 0.810. The van der Waals surface area contributed by atoms with Gasteiger partial charge in [0, 0.05) is 23.7 Å². The van der Waals surface area contributed by atoms with Gasteiger partial charge in [0.15, 0.2) is 0 Å². The molecule has 2 amide bonds. The number of aromatic nitrogens is 2. The first-order valence-electron chi connectivity index (χ1n) is 8.50. The van der Waals surface area contributed by atoms with E-state index in [0.29, 0.717) is 21.8 Å². The van der Waals surface area contributed by atoms with Crippen LogP contribution >= 0.6 is 0 Å². The normalized spacial score (nSPS) is 14.1. The Morgan fingerprint density at radius 1 is 1.18 bits per heavy atom. The first kappa shape index (κ1) is 19.7. The van der Waals surface area contributed by atoms with Gasteiger partial charge in [0.25, 0.3) is 0 Å². The van der Waals surface area contributed by atoms with Crippen LogP contribution in [0.4, 0.5) is 29.5 Å². The standard InChI is InChI=1S/C18H19F3N4O3/c1-17(2,3)13-9-14(22-16(27)28)25(23-13)11-4-5-12-10(8-11)6-7-24(12)15(26)18(19,20)21/h4-5,8-9,22H,6-7H2,1-3H3,(H,27,28). The summed E-state index contributed by atoms with van der Waals surface area (Å²) >= 11 is 0. The van der Waals surface area contributed by atoms with E-state index < -0.39 is 18.2 Å². The summed E-state index contributed by atoms with van der Waals surface area (Å²) in [5.41, 5.74) is 1.54. The van der Waals surface area contributed by atoms with Gasteiger partial charge in [-0.3, -0.25) is 10.1 Å². The minimum absolute atomic E-state index is 0.0658. The van der Waals surface area contributed by atoms with Gasteiger partial charge in [-0.05, 0) is 30.2 Å². The Morgan fingerprint density at radius 2 is 1.86 bits per heavy atom. The molecule has 2 heterocycles. The van der Waals surface area contributed by atoms with Crippen LogP contribution in [0.15, 0.2) is 24.3 Å². The molecule has 0 atom stereocenters. The molecule has 0 fully saturated rings. The highest BCUT2D eigenvalue weighted by Gasteiger charge is 2.44. The number of halogens is 3. The van der Waals surface area contributed by atoms with Crippen molar-refractivity contribution in [2.45, 2.75) is 38.8 Å². The van der Waals surface area contributed by atoms with E-state index in [4.69, 9.17) is 5.11 Å². The van der Waals surface area contributed by atoms with E-state index in [1.54, 1.807) is 12.1 Å². The number of alkyl halides is 3. The van der Waals surface area contributed by atoms with Gasteiger partial charge in [0.05, 0.1) is 11.4 Å². The number of hydrogen-bond acceptors (Lipinski definition) is 3. The molecule has 2 aromatic rings. The molecular formula is C18H19F3N4O3. The van der Waals surface area contributed by atoms with E-state index in [9.17, 15) is 22.8 Å². The molecule has 0 radical (unpaired) electrons. The van der Waals surface area contributed by atoms with Crippen LogP contribution in [0.3, 0.4) is 0 Å². The number of carbonyl (C=O) groups excluding carboxylic acids is 1. The molecule has 150 valence electrons. The summed E-state index contributed by atoms with van der Waals surface area (Å²) in [7, 11) is 0. The van der Waals surface area contributed by atoms with Crippen molar-refractivity contribution in [1.82, 2.24) is 9.78 Å². The van der Waals surface area contributed by atoms with Crippen molar-refractivity contribution < 1.29 is 27.9 Å². The lowest BCUT2D eigenvalue weighted by molar-refractivity contribution is -0.170. The Bertz CT molecular complexity index is 945. The molecule has 0 unspecified atom stereocenters. The van der Waals surface area contributed by atoms with Crippen LogP contribution in [-0.4, -0.2) is 39.6 Å². The fraction of sp³-hybridized carbons (Fsp3) is 0.389. The van der Waals surface area contributed by atoms with Crippen molar-refractivity contribution in [1.29, 1.82) is 0 Å². The maximum Gasteiger partial charge on any atom is 0.471 e. The summed E-state index contributed by atoms with van der Waals surface area (Å²) < 4.78 is 39.7. The zero-order valence-corrected chi connectivity index (χ0v) is 15.5. The van der Waals surface area contributed by atoms with Crippen LogP contribution in [0.1, 0.15) is 32.0 Å². The van der Waals surface area contributed by atoms with E-state index in [1.165, 1.54) is 16.8 Å². The van der Waals surface area contributed by atoms with Crippen molar-refractivity contribution in [2.24, 2.45) is 0 Å². The van der Waals surface area contributed by atoms with Crippen molar-refractivity contribution in [3.63, 3.8) is 0 Å². The molecule has 28 heavy (non-hydrogen) atoms. The van der Waals surface area contributed by atoms with E-state index in [-0.39, 0.29) is 29.9 Å². The summed E-state index contributed by atoms with van der Waals surface area (Å²) in [4.78, 5) is 23.4. The fourth-order valence-corrected chi connectivity index (χ4v) is 3.03. The lowest BCUT2D eigenvalue weighted by Gasteiger charge is -2.19. The molecule has 0 bridgehead atoms. The number of benzene rings is 1. The summed E-state index contributed by atoms with van der Waals surface area (Å²) in [6.07, 6.45) is -5.94. The second-order valence-electron chi connectivity index (χ2n) is 7.52. The third kappa shape index (κ3) is 3.67. The lowest BCUT2D eigenvalue weighted by atomic mass is 9.92. The molecule has 2 N–H and O–H groups in total. The topological polar surface area (TPSA) is 87.5 Å². The van der Waals surface area contributed by atoms with Crippen LogP contribution in [0.2, 0.25) is 0 Å². The van der Waals surface area contributed by atoms with E-state index in [2.05, 4.69) is 10.4 Å². The largest absolute Gasteiger partial charge is 0.471 e. The number of rotatable bonds is 2. The third-order valence-electron chi connectivity index (χ3n) is 4.40. The zero-order chi connectivity index (χ0) is 20.9. The zero-order valence-electron chi connectivity index (χ0n) is 15.5. The Labute approximate surface area is 158 Å². The number of amides is 2. The first-order valence-corrected chi connectivity index (χ1v) is 8.50. The number of fused-ring (bicyclic) bond motifs is 1. The molecule has 0 saturated carbocycles. The van der Waals surface area contributed by atoms with Gasteiger partial charge < -0.3 is 10.0 Å². The molecular weight excluding hydrogens is 377 g/mol. The number of hydrogen-bond donors (Lipinski definition) is 2. The van der Waals surface area contributed by atoms with Gasteiger partial charge >= 0.3 is 18.2 Å². The van der Waals surface area contributed by atoms with Gasteiger partial charge in [-0.25, -0.2) is 9.48 Å². The summed E-state index contributed by atoms with van der Waals surface area (Å²) in [5, 5.41) is 15.8. The van der Waals surface area contributed by atoms with Crippen LogP contribution in [0.25, 0.3) is 5.69 Å². The van der Waals surface area contributed by atoms with Gasteiger partial charge in [0.1, 0.15) is 5.82 Å². The third-order valence-corrected chi connectivity index (χ3v) is 4.40. The molecule has 1 aromatic carbocycles. The van der Waals surface area contributed by atoms with Crippen LogP contribution in [-0.2, 0) is 16.6 Å². The van der Waals surface area contributed by atoms with E-state index >= 15 is 0 Å². The summed E-state index contributed by atoms with van der Waals surface area (Å²) in [6, 6.07) is 6.16. The van der Waals surface area contributed by atoms with Crippen molar-refractivity contribution >= 4 is 23.5 Å². The smallest absolute Gasteiger partial charge is 0.465 e. The molecule has 1 aromatic heterocycles. The monoisotopic (exact) mass is 396 g/mol. The van der Waals surface area contributed by atoms with E-state index in [1.807, 2.05) is 20.8 Å². The second-order valence-corrected chi connectivity index (χ2v) is 7.52. The lowest BCUT2D eigenvalue weighted by Crippen LogP contribution is -2.40. The summed E-state index contributed by atoms with van der Waals surface area (Å²) in [6.45, 7) is 5.71. The maximum absolute atomic E-state index is 12.8. The van der Waals surface area contributed by atoms with Crippen molar-refractivity contribution in [3.8, 4) is 5.69 Å². The Balaban J connectivity index is 2.02. The number of nitrogens with zero attached hydrogens (tertiary/aromatic N) is 3. The number of carboxylic acid groups (broad SMARTS) is 1. The van der Waals surface area contributed by atoms with Crippen LogP contribution in [0.5, 0.6) is 0 Å². The Kier molecular flexibility index (Phi) is 4.60. The molecule has 0 aliphatic carbocycles. The van der Waals surface area contributed by atoms with Gasteiger partial charge in [-0.15, -0.1) is 0 Å². The number of carbonyl (C=O) groups is 2. The molecule has 3 rings (SSSR count). The minimum Gasteiger partial charge on any atom is -0.465 e. The molecule has 1 aliphatic heterocycles. The maximum atomic E-state index is 12.8. The van der Waals surface area contributed by atoms with Gasteiger partial charge in [-0.1, -0.05) is 20.8 Å². The highest BCUT2D eigenvalue weighted by atomic mass is 19.4. The minimum atomic E-state index is -4.94. The SMILES string of the molecule is CC(C)(C)c1cc(NC(=O)O)n(-c2ccc3c(c2)CCN3C(=O)C(F)(F)F)n1. The Hall–Kier alpha value is -3.04. The Morgan fingerprint density at radius 3 is 2.43 bits per heavy atom. The molecule has 7 nitrogen and oxygen atoms in total. The molecule has 0 spiro atoms. The van der Waals surface area contributed by atoms with Crippen molar-refractivity contribution in [2.75, 3.05) is 16.8 Å². The average Bonchev–Trinajstić information content (AvgIpc) is 3.15. The second kappa shape index (κ2) is 6.54. The average molecular weight is 396 g/mol. The van der Waals surface area contributed by atoms with Crippen molar-refractivity contribution in [3.05, 3.63) is 35.5 Å². The molecule has 10 heteroatoms. The fourth-order valence-electron chi connectivity index (χ4n) is 3.03. The predicted octanol–water partition coefficient (Wildman–Crippen LogP) is 3.71. The molecule has 1 aliphatic rings. The van der Waals surface area contributed by atoms with Gasteiger partial charge in [0.2, 0.25) is 0 Å². The highest BCUT2D eigenvalue weighted by molar-refractivity contribution is 5.99. The van der Waals surface area contributed by atoms with Crippen LogP contribution in [0, 0.1) is 0 Å². The predicted molar refractivity (Wildman–Crippen MR) is 96.0 cm³/mol. The number of nitrogens with one attached hydrogen (secondary N) is 1. The van der Waals surface area contributed by atoms with Gasteiger partial charge in [-0.2, -0.15) is 18.3 Å². The highest BCUT2D eigenvalue weighted by Crippen LogP contribution is 2.34. The number of anilines is 2.